The minimum Gasteiger partial charge on any atom is -0.394 e. The molecular weight excluding hydrogens is 214 g/mol. The third-order valence-corrected chi connectivity index (χ3v) is 2.98. The van der Waals surface area contributed by atoms with Crippen molar-refractivity contribution in [3.05, 3.63) is 0 Å². The minimum atomic E-state index is 0.143. The van der Waals surface area contributed by atoms with Crippen LogP contribution in [0.5, 0.6) is 0 Å². The molecule has 0 aromatic rings. The Balaban J connectivity index is 2.85. The summed E-state index contributed by atoms with van der Waals surface area (Å²) in [5.41, 5.74) is 5.44. The van der Waals surface area contributed by atoms with Crippen LogP contribution in [0.1, 0.15) is 64.2 Å². The number of rotatable bonds is 14. The van der Waals surface area contributed by atoms with Crippen molar-refractivity contribution < 1.29 is 9.84 Å². The molecule has 0 aliphatic rings. The Morgan fingerprint density at radius 2 is 1.12 bits per heavy atom. The molecule has 0 fully saturated rings. The Morgan fingerprint density at radius 1 is 0.647 bits per heavy atom. The molecule has 0 saturated heterocycles. The average molecular weight is 245 g/mol. The van der Waals surface area contributed by atoms with E-state index in [0.29, 0.717) is 6.61 Å². The molecule has 17 heavy (non-hydrogen) atoms. The summed E-state index contributed by atoms with van der Waals surface area (Å²) in [6, 6.07) is 0. The molecule has 0 amide bonds. The van der Waals surface area contributed by atoms with Gasteiger partial charge in [-0.2, -0.15) is 0 Å². The molecule has 0 rings (SSSR count). The maximum atomic E-state index is 8.51. The highest BCUT2D eigenvalue weighted by Gasteiger charge is 1.93. The van der Waals surface area contributed by atoms with Gasteiger partial charge >= 0.3 is 0 Å². The molecule has 104 valence electrons. The number of hydrogen-bond donors (Lipinski definition) is 2. The molecule has 3 nitrogen and oxygen atoms in total. The number of nitrogens with two attached hydrogens (primary N) is 1. The Labute approximate surface area is 107 Å². The van der Waals surface area contributed by atoms with E-state index in [-0.39, 0.29) is 6.61 Å². The summed E-state index contributed by atoms with van der Waals surface area (Å²) in [5.74, 6) is 0. The molecule has 0 spiro atoms. The van der Waals surface area contributed by atoms with Gasteiger partial charge in [0, 0.05) is 6.61 Å². The molecule has 3 N–H and O–H groups in total. The van der Waals surface area contributed by atoms with E-state index >= 15 is 0 Å². The predicted octanol–water partition coefficient (Wildman–Crippen LogP) is 2.86. The van der Waals surface area contributed by atoms with Crippen molar-refractivity contribution in [1.82, 2.24) is 0 Å². The van der Waals surface area contributed by atoms with E-state index in [1.807, 2.05) is 0 Å². The predicted molar refractivity (Wildman–Crippen MR) is 73.1 cm³/mol. The number of ether oxygens (including phenoxy) is 1. The lowest BCUT2D eigenvalue weighted by molar-refractivity contribution is 0.0895. The van der Waals surface area contributed by atoms with Crippen LogP contribution >= 0.6 is 0 Å². The van der Waals surface area contributed by atoms with Crippen molar-refractivity contribution in [1.29, 1.82) is 0 Å². The first-order valence-corrected chi connectivity index (χ1v) is 7.30. The highest BCUT2D eigenvalue weighted by molar-refractivity contribution is 4.48. The van der Waals surface area contributed by atoms with Crippen molar-refractivity contribution in [2.45, 2.75) is 64.2 Å². The van der Waals surface area contributed by atoms with Crippen molar-refractivity contribution in [3.63, 3.8) is 0 Å². The maximum Gasteiger partial charge on any atom is 0.0697 e. The molecular formula is C14H31NO2. The number of hydrogen-bond acceptors (Lipinski definition) is 3. The van der Waals surface area contributed by atoms with Gasteiger partial charge in [-0.25, -0.2) is 0 Å². The Morgan fingerprint density at radius 3 is 1.59 bits per heavy atom. The van der Waals surface area contributed by atoms with Gasteiger partial charge in [0.25, 0.3) is 0 Å². The first-order valence-electron chi connectivity index (χ1n) is 7.30. The molecule has 0 unspecified atom stereocenters. The summed E-state index contributed by atoms with van der Waals surface area (Å²) in [6.45, 7) is 2.28. The van der Waals surface area contributed by atoms with Gasteiger partial charge in [0.2, 0.25) is 0 Å². The van der Waals surface area contributed by atoms with Crippen LogP contribution in [-0.2, 0) is 4.74 Å². The summed E-state index contributed by atoms with van der Waals surface area (Å²) in [4.78, 5) is 0. The summed E-state index contributed by atoms with van der Waals surface area (Å²) < 4.78 is 5.21. The van der Waals surface area contributed by atoms with Crippen LogP contribution in [0, 0.1) is 0 Å². The van der Waals surface area contributed by atoms with E-state index in [1.165, 1.54) is 57.8 Å². The fraction of sp³-hybridized carbons (Fsp3) is 1.00. The molecule has 0 aliphatic carbocycles. The molecule has 0 radical (unpaired) electrons. The van der Waals surface area contributed by atoms with E-state index in [1.54, 1.807) is 0 Å². The van der Waals surface area contributed by atoms with E-state index in [4.69, 9.17) is 15.6 Å². The third kappa shape index (κ3) is 15.9. The smallest absolute Gasteiger partial charge is 0.0697 e. The van der Waals surface area contributed by atoms with Crippen molar-refractivity contribution in [2.75, 3.05) is 26.4 Å². The number of aliphatic hydroxyl groups excluding tert-OH is 1. The van der Waals surface area contributed by atoms with E-state index in [2.05, 4.69) is 0 Å². The van der Waals surface area contributed by atoms with Gasteiger partial charge in [0.05, 0.1) is 13.2 Å². The van der Waals surface area contributed by atoms with Crippen LogP contribution < -0.4 is 5.73 Å². The van der Waals surface area contributed by atoms with Gasteiger partial charge in [-0.3, -0.25) is 0 Å². The van der Waals surface area contributed by atoms with Crippen molar-refractivity contribution in [3.8, 4) is 0 Å². The number of aliphatic hydroxyl groups is 1. The summed E-state index contributed by atoms with van der Waals surface area (Å²) >= 11 is 0. The normalized spacial score (nSPS) is 10.9. The molecule has 0 aromatic heterocycles. The monoisotopic (exact) mass is 245 g/mol. The summed E-state index contributed by atoms with van der Waals surface area (Å²) in [7, 11) is 0. The molecule has 0 aliphatic heterocycles. The standard InChI is InChI=1S/C14H31NO2/c15-11-9-7-5-3-1-2-4-6-8-10-13-17-14-12-16/h16H,1-15H2. The largest absolute Gasteiger partial charge is 0.394 e. The van der Waals surface area contributed by atoms with Crippen LogP contribution in [0.15, 0.2) is 0 Å². The van der Waals surface area contributed by atoms with Crippen LogP contribution in [0.25, 0.3) is 0 Å². The molecule has 3 heteroatoms. The van der Waals surface area contributed by atoms with Crippen molar-refractivity contribution in [2.24, 2.45) is 5.73 Å². The van der Waals surface area contributed by atoms with Gasteiger partial charge in [-0.15, -0.1) is 0 Å². The zero-order chi connectivity index (χ0) is 12.6. The van der Waals surface area contributed by atoms with Gasteiger partial charge in [0.1, 0.15) is 0 Å². The summed E-state index contributed by atoms with van der Waals surface area (Å²) in [5, 5.41) is 8.51. The second-order valence-electron chi connectivity index (χ2n) is 4.66. The Kier molecular flexibility index (Phi) is 15.8. The first kappa shape index (κ1) is 16.9. The minimum absolute atomic E-state index is 0.143. The Hall–Kier alpha value is -0.120. The maximum absolute atomic E-state index is 8.51. The Bertz CT molecular complexity index is 117. The lowest BCUT2D eigenvalue weighted by Crippen LogP contribution is -2.00. The molecule has 0 heterocycles. The van der Waals surface area contributed by atoms with Gasteiger partial charge in [-0.05, 0) is 19.4 Å². The fourth-order valence-corrected chi connectivity index (χ4v) is 1.93. The zero-order valence-electron chi connectivity index (χ0n) is 11.3. The molecule has 0 saturated carbocycles. The second kappa shape index (κ2) is 15.9. The molecule has 0 atom stereocenters. The topological polar surface area (TPSA) is 55.5 Å². The lowest BCUT2D eigenvalue weighted by atomic mass is 10.1. The number of unbranched alkanes of at least 4 members (excludes halogenated alkanes) is 9. The van der Waals surface area contributed by atoms with Crippen LogP contribution in [-0.4, -0.2) is 31.5 Å². The van der Waals surface area contributed by atoms with Crippen LogP contribution in [0.4, 0.5) is 0 Å². The van der Waals surface area contributed by atoms with E-state index in [0.717, 1.165) is 19.6 Å². The van der Waals surface area contributed by atoms with Gasteiger partial charge in [0.15, 0.2) is 0 Å². The molecule has 0 aromatic carbocycles. The lowest BCUT2D eigenvalue weighted by Gasteiger charge is -2.03. The highest BCUT2D eigenvalue weighted by Crippen LogP contribution is 2.10. The zero-order valence-corrected chi connectivity index (χ0v) is 11.3. The summed E-state index contributed by atoms with van der Waals surface area (Å²) in [6.07, 6.45) is 13.1. The SMILES string of the molecule is NCCCCCCCCCCCCOCCO. The highest BCUT2D eigenvalue weighted by atomic mass is 16.5. The van der Waals surface area contributed by atoms with Crippen molar-refractivity contribution >= 4 is 0 Å². The van der Waals surface area contributed by atoms with E-state index in [9.17, 15) is 0 Å². The van der Waals surface area contributed by atoms with Gasteiger partial charge in [-0.1, -0.05) is 51.4 Å². The second-order valence-corrected chi connectivity index (χ2v) is 4.66. The average Bonchev–Trinajstić information content (AvgIpc) is 2.35. The third-order valence-electron chi connectivity index (χ3n) is 2.98. The van der Waals surface area contributed by atoms with Crippen LogP contribution in [0.2, 0.25) is 0 Å². The fourth-order valence-electron chi connectivity index (χ4n) is 1.93. The van der Waals surface area contributed by atoms with Gasteiger partial charge < -0.3 is 15.6 Å². The van der Waals surface area contributed by atoms with E-state index < -0.39 is 0 Å². The quantitative estimate of drug-likeness (QED) is 0.463. The first-order chi connectivity index (χ1) is 8.41. The molecule has 0 bridgehead atoms. The van der Waals surface area contributed by atoms with Crippen LogP contribution in [0.3, 0.4) is 0 Å².